The van der Waals surface area contributed by atoms with Crippen molar-refractivity contribution in [1.29, 1.82) is 0 Å². The van der Waals surface area contributed by atoms with Crippen LogP contribution in [0.4, 0.5) is 11.4 Å². The molecule has 0 saturated heterocycles. The van der Waals surface area contributed by atoms with E-state index < -0.39 is 26.0 Å². The molecule has 0 unspecified atom stereocenters. The van der Waals surface area contributed by atoms with E-state index in [1.807, 2.05) is 0 Å². The van der Waals surface area contributed by atoms with Gasteiger partial charge in [0.1, 0.15) is 0 Å². The fraction of sp³-hybridized carbons (Fsp3) is 0.0500. The minimum atomic E-state index is -3.89. The zero-order valence-corrected chi connectivity index (χ0v) is 18.6. The number of halogens is 1. The van der Waals surface area contributed by atoms with Gasteiger partial charge in [0.05, 0.1) is 20.5 Å². The maximum atomic E-state index is 12.5. The quantitative estimate of drug-likeness (QED) is 0.480. The van der Waals surface area contributed by atoms with Crippen LogP contribution in [-0.2, 0) is 20.0 Å². The average molecular weight is 480 g/mol. The van der Waals surface area contributed by atoms with Crippen molar-refractivity contribution in [3.8, 4) is 0 Å². The maximum absolute atomic E-state index is 12.5. The topological polar surface area (TPSA) is 121 Å². The molecule has 3 aromatic carbocycles. The molecule has 0 heterocycles. The van der Waals surface area contributed by atoms with Crippen molar-refractivity contribution in [2.45, 2.75) is 9.79 Å². The zero-order chi connectivity index (χ0) is 22.6. The van der Waals surface area contributed by atoms with Gasteiger partial charge in [-0.3, -0.25) is 9.52 Å². The van der Waals surface area contributed by atoms with Crippen molar-refractivity contribution in [1.82, 2.24) is 4.72 Å². The van der Waals surface area contributed by atoms with Crippen LogP contribution in [0, 0.1) is 0 Å². The Hall–Kier alpha value is -2.92. The number of sulfonamides is 2. The molecule has 0 aromatic heterocycles. The van der Waals surface area contributed by atoms with Crippen molar-refractivity contribution in [3.05, 3.63) is 83.4 Å². The highest BCUT2D eigenvalue weighted by molar-refractivity contribution is 7.92. The molecule has 0 aliphatic heterocycles. The SMILES string of the molecule is CNS(=O)(=O)c1ccc(NC(=O)c2ccc(S(=O)(=O)Nc3ccccc3Cl)cc2)cc1. The molecule has 162 valence electrons. The fourth-order valence-electron chi connectivity index (χ4n) is 2.57. The second-order valence-electron chi connectivity index (χ2n) is 6.30. The lowest BCUT2D eigenvalue weighted by Crippen LogP contribution is -2.18. The first-order valence-electron chi connectivity index (χ1n) is 8.85. The van der Waals surface area contributed by atoms with Crippen molar-refractivity contribution in [2.24, 2.45) is 0 Å². The van der Waals surface area contributed by atoms with Gasteiger partial charge in [0.25, 0.3) is 15.9 Å². The summed E-state index contributed by atoms with van der Waals surface area (Å²) in [6.45, 7) is 0. The first-order valence-corrected chi connectivity index (χ1v) is 12.2. The Labute approximate surface area is 185 Å². The van der Waals surface area contributed by atoms with Gasteiger partial charge in [-0.15, -0.1) is 0 Å². The van der Waals surface area contributed by atoms with E-state index in [-0.39, 0.29) is 26.1 Å². The summed E-state index contributed by atoms with van der Waals surface area (Å²) < 4.78 is 53.2. The lowest BCUT2D eigenvalue weighted by molar-refractivity contribution is 0.102. The van der Waals surface area contributed by atoms with Gasteiger partial charge < -0.3 is 5.32 Å². The molecular weight excluding hydrogens is 462 g/mol. The predicted octanol–water partition coefficient (Wildman–Crippen LogP) is 3.30. The molecule has 0 aliphatic rings. The highest BCUT2D eigenvalue weighted by atomic mass is 35.5. The number of para-hydroxylation sites is 1. The molecule has 1 amide bonds. The van der Waals surface area contributed by atoms with Crippen LogP contribution in [0.3, 0.4) is 0 Å². The first kappa shape index (κ1) is 22.8. The number of nitrogens with one attached hydrogen (secondary N) is 3. The smallest absolute Gasteiger partial charge is 0.261 e. The molecule has 8 nitrogen and oxygen atoms in total. The predicted molar refractivity (Wildman–Crippen MR) is 119 cm³/mol. The van der Waals surface area contributed by atoms with Gasteiger partial charge in [-0.2, -0.15) is 0 Å². The number of rotatable bonds is 7. The Kier molecular flexibility index (Phi) is 6.65. The second-order valence-corrected chi connectivity index (χ2v) is 10.3. The van der Waals surface area contributed by atoms with Crippen molar-refractivity contribution < 1.29 is 21.6 Å². The molecule has 11 heteroatoms. The second kappa shape index (κ2) is 9.06. The van der Waals surface area contributed by atoms with Crippen LogP contribution in [0.25, 0.3) is 0 Å². The van der Waals surface area contributed by atoms with Gasteiger partial charge in [0.15, 0.2) is 0 Å². The summed E-state index contributed by atoms with van der Waals surface area (Å²) in [4.78, 5) is 12.5. The molecule has 0 saturated carbocycles. The molecule has 0 spiro atoms. The van der Waals surface area contributed by atoms with Crippen molar-refractivity contribution in [3.63, 3.8) is 0 Å². The number of benzene rings is 3. The molecule has 3 rings (SSSR count). The van der Waals surface area contributed by atoms with Crippen LogP contribution in [0.2, 0.25) is 5.02 Å². The maximum Gasteiger partial charge on any atom is 0.261 e. The number of hydrogen-bond acceptors (Lipinski definition) is 5. The van der Waals surface area contributed by atoms with E-state index in [1.165, 1.54) is 61.6 Å². The number of amides is 1. The summed E-state index contributed by atoms with van der Waals surface area (Å²) in [5.74, 6) is -0.479. The van der Waals surface area contributed by atoms with Gasteiger partial charge in [0, 0.05) is 11.3 Å². The van der Waals surface area contributed by atoms with E-state index >= 15 is 0 Å². The molecular formula is C20H18ClN3O5S2. The van der Waals surface area contributed by atoms with Crippen molar-refractivity contribution in [2.75, 3.05) is 17.1 Å². The van der Waals surface area contributed by atoms with E-state index in [9.17, 15) is 21.6 Å². The summed E-state index contributed by atoms with van der Waals surface area (Å²) >= 11 is 5.99. The minimum absolute atomic E-state index is 0.0365. The monoisotopic (exact) mass is 479 g/mol. The number of carbonyl (C=O) groups is 1. The molecule has 3 N–H and O–H groups in total. The number of anilines is 2. The molecule has 0 atom stereocenters. The largest absolute Gasteiger partial charge is 0.322 e. The molecule has 3 aromatic rings. The molecule has 0 fully saturated rings. The molecule has 0 aliphatic carbocycles. The Bertz CT molecular complexity index is 1310. The third kappa shape index (κ3) is 5.42. The standard InChI is InChI=1S/C20H18ClN3O5S2/c1-22-30(26,27)16-12-8-15(9-13-16)23-20(25)14-6-10-17(11-7-14)31(28,29)24-19-5-3-2-4-18(19)21/h2-13,22,24H,1H3,(H,23,25). The normalized spacial score (nSPS) is 11.7. The number of carbonyl (C=O) groups excluding carboxylic acids is 1. The summed E-state index contributed by atoms with van der Waals surface area (Å²) in [5.41, 5.74) is 0.857. The third-order valence-electron chi connectivity index (χ3n) is 4.24. The minimum Gasteiger partial charge on any atom is -0.322 e. The first-order chi connectivity index (χ1) is 14.6. The van der Waals surface area contributed by atoms with Gasteiger partial charge in [-0.1, -0.05) is 23.7 Å². The average Bonchev–Trinajstić information content (AvgIpc) is 2.76. The zero-order valence-electron chi connectivity index (χ0n) is 16.2. The van der Waals surface area contributed by atoms with E-state index in [4.69, 9.17) is 11.6 Å². The highest BCUT2D eigenvalue weighted by Gasteiger charge is 2.17. The Balaban J connectivity index is 1.72. The molecule has 0 radical (unpaired) electrons. The van der Waals surface area contributed by atoms with Crippen molar-refractivity contribution >= 4 is 48.9 Å². The van der Waals surface area contributed by atoms with E-state index in [1.54, 1.807) is 18.2 Å². The van der Waals surface area contributed by atoms with Crippen LogP contribution < -0.4 is 14.8 Å². The van der Waals surface area contributed by atoms with Crippen LogP contribution in [0.1, 0.15) is 10.4 Å². The van der Waals surface area contributed by atoms with Crippen LogP contribution in [0.5, 0.6) is 0 Å². The summed E-state index contributed by atoms with van der Waals surface area (Å²) in [5, 5.41) is 2.88. The van der Waals surface area contributed by atoms with Gasteiger partial charge >= 0.3 is 0 Å². The van der Waals surface area contributed by atoms with Crippen LogP contribution in [-0.4, -0.2) is 29.8 Å². The van der Waals surface area contributed by atoms with Crippen LogP contribution >= 0.6 is 11.6 Å². The number of hydrogen-bond donors (Lipinski definition) is 3. The van der Waals surface area contributed by atoms with E-state index in [0.717, 1.165) is 0 Å². The lowest BCUT2D eigenvalue weighted by Gasteiger charge is -2.10. The summed E-state index contributed by atoms with van der Waals surface area (Å²) in [6, 6.07) is 17.4. The third-order valence-corrected chi connectivity index (χ3v) is 7.38. The Morgan fingerprint density at radius 2 is 1.32 bits per heavy atom. The summed E-state index contributed by atoms with van der Waals surface area (Å²) in [7, 11) is -6.16. The lowest BCUT2D eigenvalue weighted by atomic mass is 10.2. The van der Waals surface area contributed by atoms with Crippen LogP contribution in [0.15, 0.2) is 82.6 Å². The molecule has 0 bridgehead atoms. The van der Waals surface area contributed by atoms with E-state index in [0.29, 0.717) is 5.69 Å². The Morgan fingerprint density at radius 3 is 1.90 bits per heavy atom. The van der Waals surface area contributed by atoms with Gasteiger partial charge in [0.2, 0.25) is 10.0 Å². The summed E-state index contributed by atoms with van der Waals surface area (Å²) in [6.07, 6.45) is 0. The highest BCUT2D eigenvalue weighted by Crippen LogP contribution is 2.24. The van der Waals surface area contributed by atoms with E-state index in [2.05, 4.69) is 14.8 Å². The Morgan fingerprint density at radius 1 is 0.774 bits per heavy atom. The molecule has 31 heavy (non-hydrogen) atoms. The van der Waals surface area contributed by atoms with Gasteiger partial charge in [-0.25, -0.2) is 21.6 Å². The fourth-order valence-corrected chi connectivity index (χ4v) is 4.62. The van der Waals surface area contributed by atoms with Gasteiger partial charge in [-0.05, 0) is 67.7 Å².